The van der Waals surface area contributed by atoms with Crippen LogP contribution in [0.25, 0.3) is 0 Å². The monoisotopic (exact) mass is 530 g/mol. The van der Waals surface area contributed by atoms with Gasteiger partial charge in [0.05, 0.1) is 18.0 Å². The third-order valence-corrected chi connectivity index (χ3v) is 5.18. The van der Waals surface area contributed by atoms with Crippen molar-refractivity contribution in [1.29, 1.82) is 0 Å². The van der Waals surface area contributed by atoms with E-state index < -0.39 is 24.0 Å². The van der Waals surface area contributed by atoms with Gasteiger partial charge in [0.2, 0.25) is 11.9 Å². The summed E-state index contributed by atoms with van der Waals surface area (Å²) in [6, 6.07) is 7.13. The largest absolute Gasteiger partial charge is 0.461 e. The van der Waals surface area contributed by atoms with Crippen molar-refractivity contribution >= 4 is 28.6 Å². The Morgan fingerprint density at radius 2 is 1.77 bits per heavy atom. The number of ether oxygens (including phenoxy) is 1. The van der Waals surface area contributed by atoms with Crippen LogP contribution in [-0.2, 0) is 11.8 Å². The molecule has 7 nitrogen and oxygen atoms in total. The van der Waals surface area contributed by atoms with Crippen molar-refractivity contribution in [2.24, 2.45) is 7.05 Å². The normalized spacial score (nSPS) is 11.5. The minimum Gasteiger partial charge on any atom is -0.461 e. The molecule has 30 heavy (non-hydrogen) atoms. The van der Waals surface area contributed by atoms with Gasteiger partial charge in [-0.15, -0.1) is 0 Å². The fourth-order valence-electron chi connectivity index (χ4n) is 2.52. The van der Waals surface area contributed by atoms with E-state index in [1.807, 2.05) is 0 Å². The van der Waals surface area contributed by atoms with E-state index in [9.17, 15) is 18.7 Å². The number of hydrogen-bond donors (Lipinski definition) is 1. The molecule has 0 aliphatic carbocycles. The third kappa shape index (κ3) is 6.02. The third-order valence-electron chi connectivity index (χ3n) is 4.04. The number of aryl methyl sites for hydroxylation is 3. The van der Waals surface area contributed by atoms with E-state index in [0.29, 0.717) is 11.3 Å². The fourth-order valence-corrected chi connectivity index (χ4v) is 2.82. The van der Waals surface area contributed by atoms with Crippen LogP contribution in [0.2, 0.25) is 0 Å². The topological polar surface area (TPSA) is 90.1 Å². The van der Waals surface area contributed by atoms with Gasteiger partial charge in [-0.2, -0.15) is 13.9 Å². The predicted molar refractivity (Wildman–Crippen MR) is 114 cm³/mol. The number of nitrogens with zero attached hydrogens (tertiary/aromatic N) is 4. The average molecular weight is 530 g/mol. The molecule has 0 radical (unpaired) electrons. The number of aromatic nitrogens is 4. The predicted octanol–water partition coefficient (Wildman–Crippen LogP) is 3.65. The Morgan fingerprint density at radius 3 is 2.30 bits per heavy atom. The van der Waals surface area contributed by atoms with Crippen molar-refractivity contribution in [3.05, 3.63) is 74.1 Å². The van der Waals surface area contributed by atoms with Crippen molar-refractivity contribution in [1.82, 2.24) is 19.7 Å². The molecule has 3 aromatic rings. The lowest BCUT2D eigenvalue weighted by Gasteiger charge is -2.10. The number of carbonyl (C=O) groups excluding carboxylic acids is 1. The molecule has 0 saturated heterocycles. The van der Waals surface area contributed by atoms with Crippen LogP contribution in [-0.4, -0.2) is 37.4 Å². The Balaban J connectivity index is 0.000000297. The summed E-state index contributed by atoms with van der Waals surface area (Å²) in [7, 11) is 1.58. The molecule has 0 spiro atoms. The minimum atomic E-state index is -1.09. The molecule has 0 aliphatic heterocycles. The Kier molecular flexibility index (Phi) is 8.35. The van der Waals surface area contributed by atoms with Crippen molar-refractivity contribution in [2.45, 2.75) is 26.9 Å². The first-order chi connectivity index (χ1) is 14.1. The van der Waals surface area contributed by atoms with Gasteiger partial charge in [0.15, 0.2) is 0 Å². The summed E-state index contributed by atoms with van der Waals surface area (Å²) < 4.78 is 32.5. The number of carbonyl (C=O) groups is 1. The Labute approximate surface area is 186 Å². The van der Waals surface area contributed by atoms with Crippen LogP contribution in [0.1, 0.15) is 46.2 Å². The van der Waals surface area contributed by atoms with Crippen LogP contribution in [0.5, 0.6) is 0 Å². The highest BCUT2D eigenvalue weighted by molar-refractivity contribution is 14.1. The van der Waals surface area contributed by atoms with Crippen molar-refractivity contribution < 1.29 is 23.4 Å². The highest BCUT2D eigenvalue weighted by Crippen LogP contribution is 2.24. The van der Waals surface area contributed by atoms with Gasteiger partial charge in [0, 0.05) is 21.9 Å². The number of hydrogen-bond acceptors (Lipinski definition) is 6. The van der Waals surface area contributed by atoms with Crippen LogP contribution < -0.4 is 0 Å². The lowest BCUT2D eigenvalue weighted by atomic mass is 10.1. The van der Waals surface area contributed by atoms with E-state index in [1.54, 1.807) is 33.9 Å². The van der Waals surface area contributed by atoms with Gasteiger partial charge in [0.1, 0.15) is 11.8 Å². The molecule has 0 bridgehead atoms. The molecule has 0 amide bonds. The first-order valence-electron chi connectivity index (χ1n) is 8.94. The summed E-state index contributed by atoms with van der Waals surface area (Å²) in [6.07, 6.45) is -1.09. The van der Waals surface area contributed by atoms with E-state index in [2.05, 4.69) is 37.7 Å². The number of aliphatic hydroxyl groups is 1. The van der Waals surface area contributed by atoms with E-state index >= 15 is 0 Å². The standard InChI is InChI=1S/C14H16FN3O3.C6H5FIN/c1-4-21-14(20)11-7-10(17-18(11)3)13(19)9-5-6-12(15)16-8(9)2;1-4-5(8)2-3-6(7)9-4/h5-7,13,19H,4H2,1-3H3;2-3H,1H3. The highest BCUT2D eigenvalue weighted by atomic mass is 127. The fraction of sp³-hybridized carbons (Fsp3) is 0.300. The average Bonchev–Trinajstić information content (AvgIpc) is 3.07. The summed E-state index contributed by atoms with van der Waals surface area (Å²) in [5.74, 6) is -1.54. The molecular weight excluding hydrogens is 509 g/mol. The lowest BCUT2D eigenvalue weighted by Crippen LogP contribution is -2.10. The SMILES string of the molecule is CCOC(=O)c1cc(C(O)c2ccc(F)nc2C)nn1C.Cc1nc(F)ccc1I. The molecule has 3 rings (SSSR count). The second-order valence-electron chi connectivity index (χ2n) is 6.21. The van der Waals surface area contributed by atoms with E-state index in [1.165, 1.54) is 28.9 Å². The van der Waals surface area contributed by atoms with Gasteiger partial charge in [-0.1, -0.05) is 0 Å². The Bertz CT molecular complexity index is 1040. The van der Waals surface area contributed by atoms with Gasteiger partial charge >= 0.3 is 5.97 Å². The molecule has 0 aliphatic rings. The zero-order valence-electron chi connectivity index (χ0n) is 16.9. The quantitative estimate of drug-likeness (QED) is 0.315. The van der Waals surface area contributed by atoms with Crippen molar-refractivity contribution in [3.63, 3.8) is 0 Å². The smallest absolute Gasteiger partial charge is 0.356 e. The number of pyridine rings is 2. The summed E-state index contributed by atoms with van der Waals surface area (Å²) in [4.78, 5) is 19.0. The number of rotatable bonds is 4. The maximum atomic E-state index is 13.0. The molecule has 10 heteroatoms. The van der Waals surface area contributed by atoms with Crippen LogP contribution in [0.15, 0.2) is 30.3 Å². The molecule has 0 fully saturated rings. The van der Waals surface area contributed by atoms with Crippen molar-refractivity contribution in [3.8, 4) is 0 Å². The van der Waals surface area contributed by atoms with E-state index in [0.717, 1.165) is 9.26 Å². The van der Waals surface area contributed by atoms with Gasteiger partial charge in [-0.3, -0.25) is 4.68 Å². The first-order valence-corrected chi connectivity index (χ1v) is 10.0. The number of aliphatic hydroxyl groups excluding tert-OH is 1. The Hall–Kier alpha value is -2.47. The summed E-state index contributed by atoms with van der Waals surface area (Å²) in [5.41, 5.74) is 2.06. The molecule has 3 heterocycles. The second-order valence-corrected chi connectivity index (χ2v) is 7.37. The van der Waals surface area contributed by atoms with Crippen LogP contribution in [0.4, 0.5) is 8.78 Å². The maximum absolute atomic E-state index is 13.0. The van der Waals surface area contributed by atoms with Gasteiger partial charge in [-0.25, -0.2) is 14.8 Å². The molecule has 1 unspecified atom stereocenters. The van der Waals surface area contributed by atoms with Gasteiger partial charge < -0.3 is 9.84 Å². The maximum Gasteiger partial charge on any atom is 0.356 e. The summed E-state index contributed by atoms with van der Waals surface area (Å²) in [6.45, 7) is 5.34. The van der Waals surface area contributed by atoms with Crippen molar-refractivity contribution in [2.75, 3.05) is 6.61 Å². The second kappa shape index (κ2) is 10.5. The van der Waals surface area contributed by atoms with Gasteiger partial charge in [-0.05, 0) is 73.7 Å². The number of esters is 1. The molecule has 3 aromatic heterocycles. The number of halogens is 3. The molecular formula is C20H21F2IN4O3. The van der Waals surface area contributed by atoms with Gasteiger partial charge in [0.25, 0.3) is 0 Å². The Morgan fingerprint density at radius 1 is 1.17 bits per heavy atom. The molecule has 0 saturated carbocycles. The zero-order chi connectivity index (χ0) is 22.4. The summed E-state index contributed by atoms with van der Waals surface area (Å²) in [5, 5.41) is 14.4. The molecule has 1 N–H and O–H groups in total. The molecule has 1 atom stereocenters. The minimum absolute atomic E-state index is 0.235. The van der Waals surface area contributed by atoms with Crippen LogP contribution >= 0.6 is 22.6 Å². The first kappa shape index (κ1) is 23.8. The lowest BCUT2D eigenvalue weighted by molar-refractivity contribution is 0.0513. The van der Waals surface area contributed by atoms with Crippen LogP contribution in [0.3, 0.4) is 0 Å². The highest BCUT2D eigenvalue weighted by Gasteiger charge is 2.21. The van der Waals surface area contributed by atoms with E-state index in [-0.39, 0.29) is 18.0 Å². The summed E-state index contributed by atoms with van der Waals surface area (Å²) >= 11 is 2.11. The molecule has 0 aromatic carbocycles. The zero-order valence-corrected chi connectivity index (χ0v) is 19.0. The van der Waals surface area contributed by atoms with Crippen LogP contribution in [0, 0.1) is 29.3 Å². The molecule has 160 valence electrons. The van der Waals surface area contributed by atoms with E-state index in [4.69, 9.17) is 4.74 Å².